The first-order chi connectivity index (χ1) is 9.11. The maximum Gasteiger partial charge on any atom is 0.339 e. The largest absolute Gasteiger partial charge is 0.486 e. The van der Waals surface area contributed by atoms with Crippen molar-refractivity contribution < 1.29 is 14.6 Å². The Labute approximate surface area is 111 Å². The molecule has 0 radical (unpaired) electrons. The van der Waals surface area contributed by atoms with Gasteiger partial charge in [-0.15, -0.1) is 0 Å². The molecule has 1 heterocycles. The molecule has 0 atom stereocenters. The van der Waals surface area contributed by atoms with Crippen molar-refractivity contribution in [1.29, 1.82) is 0 Å². The van der Waals surface area contributed by atoms with E-state index in [4.69, 9.17) is 9.84 Å². The van der Waals surface area contributed by atoms with Crippen LogP contribution in [0.4, 0.5) is 0 Å². The zero-order valence-electron chi connectivity index (χ0n) is 11.0. The Morgan fingerprint density at radius 1 is 1.42 bits per heavy atom. The van der Waals surface area contributed by atoms with Crippen LogP contribution in [0.1, 0.15) is 28.7 Å². The molecule has 2 rings (SSSR count). The van der Waals surface area contributed by atoms with Crippen LogP contribution in [0.3, 0.4) is 0 Å². The van der Waals surface area contributed by atoms with Crippen molar-refractivity contribution in [2.24, 2.45) is 7.05 Å². The van der Waals surface area contributed by atoms with Gasteiger partial charge < -0.3 is 9.84 Å². The fourth-order valence-electron chi connectivity index (χ4n) is 1.80. The number of nitrogens with zero attached hydrogens (tertiary/aromatic N) is 2. The molecule has 1 N–H and O–H groups in total. The van der Waals surface area contributed by atoms with E-state index in [1.54, 1.807) is 22.9 Å². The Morgan fingerprint density at radius 3 is 2.79 bits per heavy atom. The number of carboxylic acids is 1. The van der Waals surface area contributed by atoms with Crippen molar-refractivity contribution in [2.75, 3.05) is 0 Å². The standard InChI is InChI=1S/C14H16N2O3/c1-3-10-8-11(16(2)15-10)9-19-13-7-5-4-6-12(13)14(17)18/h4-8H,3,9H2,1-2H3,(H,17,18). The summed E-state index contributed by atoms with van der Waals surface area (Å²) in [6.45, 7) is 2.33. The van der Waals surface area contributed by atoms with E-state index in [0.717, 1.165) is 17.8 Å². The van der Waals surface area contributed by atoms with E-state index in [-0.39, 0.29) is 5.56 Å². The molecule has 1 aromatic heterocycles. The average molecular weight is 260 g/mol. The van der Waals surface area contributed by atoms with Crippen LogP contribution in [0.5, 0.6) is 5.75 Å². The summed E-state index contributed by atoms with van der Waals surface area (Å²) >= 11 is 0. The molecule has 0 spiro atoms. The van der Waals surface area contributed by atoms with Crippen molar-refractivity contribution in [3.63, 3.8) is 0 Å². The first-order valence-electron chi connectivity index (χ1n) is 6.08. The molecule has 0 fully saturated rings. The van der Waals surface area contributed by atoms with Crippen molar-refractivity contribution in [3.8, 4) is 5.75 Å². The number of benzene rings is 1. The maximum atomic E-state index is 11.1. The Bertz CT molecular complexity index is 590. The highest BCUT2D eigenvalue weighted by molar-refractivity contribution is 5.90. The highest BCUT2D eigenvalue weighted by Gasteiger charge is 2.11. The molecule has 2 aromatic rings. The SMILES string of the molecule is CCc1cc(COc2ccccc2C(=O)O)n(C)n1. The van der Waals surface area contributed by atoms with Crippen molar-refractivity contribution >= 4 is 5.97 Å². The Kier molecular flexibility index (Phi) is 3.85. The van der Waals surface area contributed by atoms with Crippen LogP contribution in [0.25, 0.3) is 0 Å². The zero-order valence-corrected chi connectivity index (χ0v) is 11.0. The number of aryl methyl sites for hydroxylation is 2. The number of hydrogen-bond acceptors (Lipinski definition) is 3. The van der Waals surface area contributed by atoms with Gasteiger partial charge in [0.05, 0.1) is 11.4 Å². The van der Waals surface area contributed by atoms with E-state index in [1.165, 1.54) is 6.07 Å². The molecule has 19 heavy (non-hydrogen) atoms. The van der Waals surface area contributed by atoms with Crippen molar-refractivity contribution in [3.05, 3.63) is 47.3 Å². The average Bonchev–Trinajstić information content (AvgIpc) is 2.77. The number of carbonyl (C=O) groups is 1. The molecule has 0 amide bonds. The minimum Gasteiger partial charge on any atom is -0.486 e. The number of aromatic carboxylic acids is 1. The Hall–Kier alpha value is -2.30. The minimum absolute atomic E-state index is 0.167. The van der Waals surface area contributed by atoms with E-state index in [1.807, 2.05) is 20.0 Å². The van der Waals surface area contributed by atoms with E-state index < -0.39 is 5.97 Å². The molecular weight excluding hydrogens is 244 g/mol. The third kappa shape index (κ3) is 2.93. The van der Waals surface area contributed by atoms with Gasteiger partial charge >= 0.3 is 5.97 Å². The molecule has 0 aliphatic heterocycles. The molecule has 0 aliphatic carbocycles. The minimum atomic E-state index is -0.991. The molecule has 5 nitrogen and oxygen atoms in total. The first-order valence-corrected chi connectivity index (χ1v) is 6.08. The number of rotatable bonds is 5. The Morgan fingerprint density at radius 2 is 2.16 bits per heavy atom. The summed E-state index contributed by atoms with van der Waals surface area (Å²) in [6.07, 6.45) is 0.861. The van der Waals surface area contributed by atoms with Crippen LogP contribution < -0.4 is 4.74 Å². The number of ether oxygens (including phenoxy) is 1. The van der Waals surface area contributed by atoms with Gasteiger partial charge in [0.1, 0.15) is 17.9 Å². The second-order valence-electron chi connectivity index (χ2n) is 4.19. The summed E-state index contributed by atoms with van der Waals surface area (Å²) in [5.41, 5.74) is 2.07. The molecule has 1 aromatic carbocycles. The molecule has 100 valence electrons. The summed E-state index contributed by atoms with van der Waals surface area (Å²) in [5, 5.41) is 13.4. The van der Waals surface area contributed by atoms with E-state index >= 15 is 0 Å². The lowest BCUT2D eigenvalue weighted by atomic mass is 10.2. The summed E-state index contributed by atoms with van der Waals surface area (Å²) in [6, 6.07) is 8.57. The van der Waals surface area contributed by atoms with E-state index in [0.29, 0.717) is 12.4 Å². The number of carboxylic acid groups (broad SMARTS) is 1. The second kappa shape index (κ2) is 5.56. The van der Waals surface area contributed by atoms with Crippen molar-refractivity contribution in [2.45, 2.75) is 20.0 Å². The number of hydrogen-bond donors (Lipinski definition) is 1. The highest BCUT2D eigenvalue weighted by atomic mass is 16.5. The predicted octanol–water partition coefficient (Wildman–Crippen LogP) is 2.26. The lowest BCUT2D eigenvalue weighted by molar-refractivity contribution is 0.0691. The van der Waals surface area contributed by atoms with Gasteiger partial charge in [-0.05, 0) is 24.6 Å². The van der Waals surface area contributed by atoms with Gasteiger partial charge in [-0.25, -0.2) is 4.79 Å². The van der Waals surface area contributed by atoms with Crippen LogP contribution in [0.2, 0.25) is 0 Å². The van der Waals surface area contributed by atoms with Gasteiger partial charge in [-0.2, -0.15) is 5.10 Å². The van der Waals surface area contributed by atoms with Crippen molar-refractivity contribution in [1.82, 2.24) is 9.78 Å². The van der Waals surface area contributed by atoms with Crippen LogP contribution in [-0.4, -0.2) is 20.9 Å². The molecule has 0 unspecified atom stereocenters. The summed E-state index contributed by atoms with van der Waals surface area (Å²) in [5.74, 6) is -0.621. The monoisotopic (exact) mass is 260 g/mol. The van der Waals surface area contributed by atoms with Gasteiger partial charge in [0.25, 0.3) is 0 Å². The highest BCUT2D eigenvalue weighted by Crippen LogP contribution is 2.19. The van der Waals surface area contributed by atoms with Crippen LogP contribution in [-0.2, 0) is 20.1 Å². The normalized spacial score (nSPS) is 10.4. The Balaban J connectivity index is 2.14. The van der Waals surface area contributed by atoms with Gasteiger partial charge in [0, 0.05) is 7.05 Å². The first kappa shape index (κ1) is 13.1. The summed E-state index contributed by atoms with van der Waals surface area (Å²) < 4.78 is 7.33. The zero-order chi connectivity index (χ0) is 13.8. The summed E-state index contributed by atoms with van der Waals surface area (Å²) in [4.78, 5) is 11.1. The van der Waals surface area contributed by atoms with Crippen LogP contribution in [0, 0.1) is 0 Å². The molecule has 0 saturated carbocycles. The third-order valence-corrected chi connectivity index (χ3v) is 2.88. The van der Waals surface area contributed by atoms with E-state index in [2.05, 4.69) is 5.10 Å². The molecule has 5 heteroatoms. The number of para-hydroxylation sites is 1. The number of aromatic nitrogens is 2. The van der Waals surface area contributed by atoms with Gasteiger partial charge in [0.2, 0.25) is 0 Å². The molecule has 0 aliphatic rings. The van der Waals surface area contributed by atoms with Gasteiger partial charge in [0.15, 0.2) is 0 Å². The molecular formula is C14H16N2O3. The smallest absolute Gasteiger partial charge is 0.339 e. The predicted molar refractivity (Wildman–Crippen MR) is 70.3 cm³/mol. The third-order valence-electron chi connectivity index (χ3n) is 2.88. The maximum absolute atomic E-state index is 11.1. The summed E-state index contributed by atoms with van der Waals surface area (Å²) in [7, 11) is 1.85. The van der Waals surface area contributed by atoms with Gasteiger partial charge in [-0.3, -0.25) is 4.68 Å². The molecule has 0 saturated heterocycles. The quantitative estimate of drug-likeness (QED) is 0.895. The topological polar surface area (TPSA) is 64.3 Å². The second-order valence-corrected chi connectivity index (χ2v) is 4.19. The molecule has 0 bridgehead atoms. The fraction of sp³-hybridized carbons (Fsp3) is 0.286. The lowest BCUT2D eigenvalue weighted by Gasteiger charge is -2.08. The van der Waals surface area contributed by atoms with Gasteiger partial charge in [-0.1, -0.05) is 19.1 Å². The van der Waals surface area contributed by atoms with Crippen LogP contribution >= 0.6 is 0 Å². The van der Waals surface area contributed by atoms with E-state index in [9.17, 15) is 4.79 Å². The lowest BCUT2D eigenvalue weighted by Crippen LogP contribution is -2.06. The fourth-order valence-corrected chi connectivity index (χ4v) is 1.80. The van der Waals surface area contributed by atoms with Crippen LogP contribution in [0.15, 0.2) is 30.3 Å².